The topological polar surface area (TPSA) is 19.0 Å². The molecule has 0 radical (unpaired) electrons. The zero-order chi connectivity index (χ0) is 21.3. The first-order valence-electron chi connectivity index (χ1n) is 9.55. The average molecular weight is 413 g/mol. The summed E-state index contributed by atoms with van der Waals surface area (Å²) >= 11 is 0. The first-order chi connectivity index (χ1) is 14.4. The molecule has 2 aromatic rings. The summed E-state index contributed by atoms with van der Waals surface area (Å²) in [6.45, 7) is 3.21. The lowest BCUT2D eigenvalue weighted by Gasteiger charge is -2.26. The summed E-state index contributed by atoms with van der Waals surface area (Å²) in [5.41, 5.74) is 2.91. The van der Waals surface area contributed by atoms with Gasteiger partial charge in [0.15, 0.2) is 0 Å². The number of hydrogen-bond acceptors (Lipinski definition) is 4. The molecule has 4 nitrogen and oxygen atoms in total. The van der Waals surface area contributed by atoms with Gasteiger partial charge in [0.05, 0.1) is 25.0 Å². The zero-order valence-corrected chi connectivity index (χ0v) is 16.7. The van der Waals surface area contributed by atoms with Crippen LogP contribution in [0.3, 0.4) is 0 Å². The molecule has 0 aromatic heterocycles. The van der Waals surface area contributed by atoms with Crippen molar-refractivity contribution in [2.75, 3.05) is 35.0 Å². The molecular weight excluding hydrogens is 391 g/mol. The molecule has 30 heavy (non-hydrogen) atoms. The SMILES string of the molecule is COc1cc(N2C=CC=CC2)ccc1N1C=C(C)N(c2ccc(C(F)(F)F)cc2)C1. The van der Waals surface area contributed by atoms with Gasteiger partial charge in [0.25, 0.3) is 0 Å². The van der Waals surface area contributed by atoms with Crippen molar-refractivity contribution in [3.05, 3.63) is 84.4 Å². The molecule has 0 bridgehead atoms. The van der Waals surface area contributed by atoms with Gasteiger partial charge in [-0.05, 0) is 49.4 Å². The Morgan fingerprint density at radius 3 is 2.30 bits per heavy atom. The predicted molar refractivity (Wildman–Crippen MR) is 114 cm³/mol. The molecule has 0 atom stereocenters. The molecule has 0 aliphatic carbocycles. The van der Waals surface area contributed by atoms with E-state index in [1.165, 1.54) is 12.1 Å². The third-order valence-electron chi connectivity index (χ3n) is 5.19. The molecule has 0 unspecified atom stereocenters. The summed E-state index contributed by atoms with van der Waals surface area (Å²) in [5.74, 6) is 0.730. The molecule has 156 valence electrons. The molecule has 7 heteroatoms. The van der Waals surface area contributed by atoms with Crippen LogP contribution in [0.1, 0.15) is 12.5 Å². The van der Waals surface area contributed by atoms with Crippen LogP contribution >= 0.6 is 0 Å². The number of anilines is 3. The molecule has 2 heterocycles. The first kappa shape index (κ1) is 19.9. The van der Waals surface area contributed by atoms with Crippen molar-refractivity contribution in [2.45, 2.75) is 13.1 Å². The first-order valence-corrected chi connectivity index (χ1v) is 9.55. The van der Waals surface area contributed by atoms with Crippen molar-refractivity contribution >= 4 is 17.1 Å². The summed E-state index contributed by atoms with van der Waals surface area (Å²) in [7, 11) is 1.63. The van der Waals surface area contributed by atoms with Gasteiger partial charge in [0.2, 0.25) is 0 Å². The van der Waals surface area contributed by atoms with Crippen LogP contribution in [0.2, 0.25) is 0 Å². The number of hydrogen-bond donors (Lipinski definition) is 0. The van der Waals surface area contributed by atoms with E-state index in [0.717, 1.165) is 41.5 Å². The van der Waals surface area contributed by atoms with Crippen LogP contribution in [0.25, 0.3) is 0 Å². The number of benzene rings is 2. The lowest BCUT2D eigenvalue weighted by atomic mass is 10.2. The number of nitrogens with zero attached hydrogens (tertiary/aromatic N) is 3. The number of methoxy groups -OCH3 is 1. The van der Waals surface area contributed by atoms with E-state index in [2.05, 4.69) is 11.0 Å². The third-order valence-corrected chi connectivity index (χ3v) is 5.19. The van der Waals surface area contributed by atoms with Crippen LogP contribution in [0.4, 0.5) is 30.2 Å². The van der Waals surface area contributed by atoms with Gasteiger partial charge in [-0.15, -0.1) is 0 Å². The van der Waals surface area contributed by atoms with Crippen molar-refractivity contribution in [2.24, 2.45) is 0 Å². The van der Waals surface area contributed by atoms with E-state index in [9.17, 15) is 13.2 Å². The second-order valence-corrected chi connectivity index (χ2v) is 7.13. The van der Waals surface area contributed by atoms with Crippen molar-refractivity contribution < 1.29 is 17.9 Å². The van der Waals surface area contributed by atoms with E-state index < -0.39 is 11.7 Å². The summed E-state index contributed by atoms with van der Waals surface area (Å²) in [6, 6.07) is 11.2. The van der Waals surface area contributed by atoms with Crippen LogP contribution in [-0.2, 0) is 6.18 Å². The second kappa shape index (κ2) is 7.82. The fourth-order valence-electron chi connectivity index (χ4n) is 3.60. The molecule has 2 aliphatic rings. The molecule has 4 rings (SSSR count). The maximum atomic E-state index is 12.8. The summed E-state index contributed by atoms with van der Waals surface area (Å²) in [6.07, 6.45) is 5.72. The maximum absolute atomic E-state index is 12.8. The second-order valence-electron chi connectivity index (χ2n) is 7.13. The standard InChI is InChI=1S/C23H22F3N3O/c1-17-15-28(16-29(17)19-8-6-18(7-9-19)23(24,25)26)21-11-10-20(14-22(21)30-2)27-12-4-3-5-13-27/h3-12,14-15H,13,16H2,1-2H3. The third kappa shape index (κ3) is 3.87. The van der Waals surface area contributed by atoms with E-state index in [1.54, 1.807) is 7.11 Å². The quantitative estimate of drug-likeness (QED) is 0.635. The van der Waals surface area contributed by atoms with Gasteiger partial charge < -0.3 is 19.4 Å². The van der Waals surface area contributed by atoms with Gasteiger partial charge in [0.1, 0.15) is 5.75 Å². The van der Waals surface area contributed by atoms with E-state index in [4.69, 9.17) is 4.74 Å². The van der Waals surface area contributed by atoms with Crippen molar-refractivity contribution in [3.63, 3.8) is 0 Å². The van der Waals surface area contributed by atoms with E-state index in [-0.39, 0.29) is 0 Å². The fourth-order valence-corrected chi connectivity index (χ4v) is 3.60. The normalized spacial score (nSPS) is 16.3. The lowest BCUT2D eigenvalue weighted by molar-refractivity contribution is -0.137. The molecule has 0 fully saturated rings. The maximum Gasteiger partial charge on any atom is 0.416 e. The monoisotopic (exact) mass is 413 g/mol. The van der Waals surface area contributed by atoms with Crippen LogP contribution < -0.4 is 19.4 Å². The Morgan fingerprint density at radius 1 is 0.933 bits per heavy atom. The minimum Gasteiger partial charge on any atom is -0.494 e. The van der Waals surface area contributed by atoms with Crippen molar-refractivity contribution in [1.82, 2.24) is 0 Å². The molecule has 0 saturated carbocycles. The Morgan fingerprint density at radius 2 is 1.67 bits per heavy atom. The Kier molecular flexibility index (Phi) is 5.20. The predicted octanol–water partition coefficient (Wildman–Crippen LogP) is 5.75. The van der Waals surface area contributed by atoms with Crippen LogP contribution in [0, 0.1) is 0 Å². The highest BCUT2D eigenvalue weighted by molar-refractivity contribution is 5.71. The van der Waals surface area contributed by atoms with Gasteiger partial charge in [-0.25, -0.2) is 0 Å². The Labute approximate surface area is 173 Å². The molecule has 0 amide bonds. The highest BCUT2D eigenvalue weighted by Crippen LogP contribution is 2.37. The van der Waals surface area contributed by atoms with Gasteiger partial charge in [-0.1, -0.05) is 12.2 Å². The zero-order valence-electron chi connectivity index (χ0n) is 16.7. The highest BCUT2D eigenvalue weighted by atomic mass is 19.4. The summed E-state index contributed by atoms with van der Waals surface area (Å²) in [5, 5.41) is 0. The molecule has 0 N–H and O–H groups in total. The minimum atomic E-state index is -4.34. The largest absolute Gasteiger partial charge is 0.494 e. The number of ether oxygens (including phenoxy) is 1. The molecule has 2 aromatic carbocycles. The smallest absolute Gasteiger partial charge is 0.416 e. The van der Waals surface area contributed by atoms with Gasteiger partial charge in [0, 0.05) is 42.1 Å². The Balaban J connectivity index is 1.56. The van der Waals surface area contributed by atoms with Gasteiger partial charge >= 0.3 is 6.18 Å². The number of halogens is 3. The Hall–Kier alpha value is -3.35. The summed E-state index contributed by atoms with van der Waals surface area (Å²) in [4.78, 5) is 6.11. The molecular formula is C23H22F3N3O. The molecule has 2 aliphatic heterocycles. The van der Waals surface area contributed by atoms with E-state index in [1.807, 2.05) is 59.5 Å². The molecule has 0 saturated heterocycles. The number of rotatable bonds is 4. The minimum absolute atomic E-state index is 0.485. The van der Waals surface area contributed by atoms with Crippen molar-refractivity contribution in [3.8, 4) is 5.75 Å². The van der Waals surface area contributed by atoms with E-state index in [0.29, 0.717) is 12.4 Å². The van der Waals surface area contributed by atoms with Crippen LogP contribution in [0.5, 0.6) is 5.75 Å². The average Bonchev–Trinajstić information content (AvgIpc) is 3.14. The number of allylic oxidation sites excluding steroid dienone is 3. The van der Waals surface area contributed by atoms with Gasteiger partial charge in [-0.3, -0.25) is 0 Å². The van der Waals surface area contributed by atoms with Crippen LogP contribution in [0.15, 0.2) is 78.8 Å². The van der Waals surface area contributed by atoms with Crippen molar-refractivity contribution in [1.29, 1.82) is 0 Å². The fraction of sp³-hybridized carbons (Fsp3) is 0.217. The number of alkyl halides is 3. The Bertz CT molecular complexity index is 1010. The highest BCUT2D eigenvalue weighted by Gasteiger charge is 2.30. The summed E-state index contributed by atoms with van der Waals surface area (Å²) < 4.78 is 44.2. The molecule has 0 spiro atoms. The van der Waals surface area contributed by atoms with Crippen LogP contribution in [-0.4, -0.2) is 20.3 Å². The lowest BCUT2D eigenvalue weighted by Crippen LogP contribution is -2.26. The van der Waals surface area contributed by atoms with E-state index >= 15 is 0 Å². The van der Waals surface area contributed by atoms with Gasteiger partial charge in [-0.2, -0.15) is 13.2 Å².